The van der Waals surface area contributed by atoms with Gasteiger partial charge in [0, 0.05) is 12.5 Å². The monoisotopic (exact) mass is 466 g/mol. The lowest BCUT2D eigenvalue weighted by Gasteiger charge is -2.22. The van der Waals surface area contributed by atoms with Crippen molar-refractivity contribution in [2.75, 3.05) is 26.4 Å². The molecule has 2 aliphatic heterocycles. The molecule has 0 spiro atoms. The molecule has 0 bridgehead atoms. The summed E-state index contributed by atoms with van der Waals surface area (Å²) in [4.78, 5) is 36.7. The molecule has 2 fully saturated rings. The van der Waals surface area contributed by atoms with Crippen molar-refractivity contribution in [2.24, 2.45) is 5.92 Å². The first kappa shape index (κ1) is 22.4. The van der Waals surface area contributed by atoms with Gasteiger partial charge in [-0.05, 0) is 28.7 Å². The van der Waals surface area contributed by atoms with Gasteiger partial charge >= 0.3 is 12.1 Å². The third kappa shape index (κ3) is 4.24. The normalized spacial score (nSPS) is 25.4. The lowest BCUT2D eigenvalue weighted by atomic mass is 9.98. The van der Waals surface area contributed by atoms with Gasteiger partial charge in [0.2, 0.25) is 5.91 Å². The molecule has 2 aromatic rings. The number of carboxylic acid groups (broad SMARTS) is 1. The summed E-state index contributed by atoms with van der Waals surface area (Å²) in [5, 5.41) is 14.7. The Labute approximate surface area is 196 Å². The van der Waals surface area contributed by atoms with Gasteiger partial charge in [0.05, 0.1) is 31.2 Å². The van der Waals surface area contributed by atoms with Gasteiger partial charge in [-0.2, -0.15) is 0 Å². The van der Waals surface area contributed by atoms with Gasteiger partial charge in [0.1, 0.15) is 6.61 Å². The van der Waals surface area contributed by atoms with Crippen molar-refractivity contribution in [1.82, 2.24) is 10.6 Å². The Kier molecular flexibility index (Phi) is 6.21. The van der Waals surface area contributed by atoms with Crippen LogP contribution in [0.4, 0.5) is 4.79 Å². The maximum Gasteiger partial charge on any atom is 0.407 e. The number of rotatable bonds is 6. The van der Waals surface area contributed by atoms with Crippen LogP contribution in [0.5, 0.6) is 0 Å². The number of hydrogen-bond acceptors (Lipinski definition) is 6. The fourth-order valence-electron chi connectivity index (χ4n) is 5.02. The predicted octanol–water partition coefficient (Wildman–Crippen LogP) is 1.90. The standard InChI is InChI=1S/C25H26N2O7/c28-23(26-20-9-10-33-22(20)24(29)30)19-11-32-13-21(19)27-25(31)34-12-18-16-7-3-1-5-14(16)15-6-2-4-8-17(15)18/h1-8,18-22H,9-13H2,(H,26,28)(H,27,31)(H,29,30)/t19?,20-,21?,22+/m0/s1. The van der Waals surface area contributed by atoms with Crippen LogP contribution in [0.3, 0.4) is 0 Å². The Morgan fingerprint density at radius 3 is 2.29 bits per heavy atom. The lowest BCUT2D eigenvalue weighted by molar-refractivity contribution is -0.148. The molecule has 0 saturated carbocycles. The summed E-state index contributed by atoms with van der Waals surface area (Å²) >= 11 is 0. The molecular formula is C25H26N2O7. The highest BCUT2D eigenvalue weighted by atomic mass is 16.6. The fourth-order valence-corrected chi connectivity index (χ4v) is 5.02. The molecule has 1 aliphatic carbocycles. The second kappa shape index (κ2) is 9.44. The molecule has 5 rings (SSSR count). The van der Waals surface area contributed by atoms with E-state index in [-0.39, 0.29) is 38.3 Å². The highest BCUT2D eigenvalue weighted by molar-refractivity contribution is 5.83. The Bertz CT molecular complexity index is 1060. The molecule has 2 unspecified atom stereocenters. The van der Waals surface area contributed by atoms with Gasteiger partial charge in [-0.15, -0.1) is 0 Å². The zero-order valence-electron chi connectivity index (χ0n) is 18.4. The quantitative estimate of drug-likeness (QED) is 0.594. The number of aliphatic carboxylic acids is 1. The smallest absolute Gasteiger partial charge is 0.407 e. The van der Waals surface area contributed by atoms with Gasteiger partial charge in [-0.25, -0.2) is 9.59 Å². The van der Waals surface area contributed by atoms with Gasteiger partial charge in [0.15, 0.2) is 6.10 Å². The molecule has 2 aromatic carbocycles. The number of hydrogen-bond donors (Lipinski definition) is 3. The van der Waals surface area contributed by atoms with E-state index in [4.69, 9.17) is 14.2 Å². The molecule has 2 heterocycles. The van der Waals surface area contributed by atoms with Crippen molar-refractivity contribution in [3.63, 3.8) is 0 Å². The zero-order chi connectivity index (χ0) is 23.7. The van der Waals surface area contributed by atoms with Gasteiger partial charge in [0.25, 0.3) is 0 Å². The van der Waals surface area contributed by atoms with E-state index in [1.54, 1.807) is 0 Å². The Hall–Kier alpha value is -3.43. The van der Waals surface area contributed by atoms with E-state index in [0.717, 1.165) is 22.3 Å². The maximum atomic E-state index is 12.8. The third-order valence-corrected chi connectivity index (χ3v) is 6.73. The summed E-state index contributed by atoms with van der Waals surface area (Å²) in [6.07, 6.45) is -1.27. The largest absolute Gasteiger partial charge is 0.479 e. The maximum absolute atomic E-state index is 12.8. The third-order valence-electron chi connectivity index (χ3n) is 6.73. The van der Waals surface area contributed by atoms with Crippen molar-refractivity contribution < 1.29 is 33.7 Å². The van der Waals surface area contributed by atoms with Crippen molar-refractivity contribution in [1.29, 1.82) is 0 Å². The summed E-state index contributed by atoms with van der Waals surface area (Å²) < 4.78 is 16.2. The molecular weight excluding hydrogens is 440 g/mol. The van der Waals surface area contributed by atoms with Crippen molar-refractivity contribution >= 4 is 18.0 Å². The minimum absolute atomic E-state index is 0.0626. The van der Waals surface area contributed by atoms with E-state index >= 15 is 0 Å². The van der Waals surface area contributed by atoms with Crippen LogP contribution in [0.2, 0.25) is 0 Å². The van der Waals surface area contributed by atoms with Crippen LogP contribution in [0.25, 0.3) is 11.1 Å². The number of carboxylic acids is 1. The number of benzene rings is 2. The Morgan fingerprint density at radius 1 is 0.941 bits per heavy atom. The number of ether oxygens (including phenoxy) is 3. The average Bonchev–Trinajstić information content (AvgIpc) is 3.55. The molecule has 3 aliphatic rings. The van der Waals surface area contributed by atoms with Crippen molar-refractivity contribution in [3.8, 4) is 11.1 Å². The minimum Gasteiger partial charge on any atom is -0.479 e. The molecule has 3 N–H and O–H groups in total. The van der Waals surface area contributed by atoms with E-state index in [1.807, 2.05) is 36.4 Å². The van der Waals surface area contributed by atoms with E-state index in [2.05, 4.69) is 22.8 Å². The molecule has 2 saturated heterocycles. The number of amides is 2. The predicted molar refractivity (Wildman–Crippen MR) is 120 cm³/mol. The number of carbonyl (C=O) groups is 3. The Morgan fingerprint density at radius 2 is 1.62 bits per heavy atom. The molecule has 178 valence electrons. The van der Waals surface area contributed by atoms with Crippen LogP contribution in [-0.2, 0) is 23.8 Å². The van der Waals surface area contributed by atoms with E-state index < -0.39 is 36.2 Å². The van der Waals surface area contributed by atoms with E-state index in [9.17, 15) is 19.5 Å². The van der Waals surface area contributed by atoms with E-state index in [0.29, 0.717) is 6.42 Å². The van der Waals surface area contributed by atoms with Crippen LogP contribution in [0.1, 0.15) is 23.5 Å². The summed E-state index contributed by atoms with van der Waals surface area (Å²) in [5.41, 5.74) is 4.52. The fraction of sp³-hybridized carbons (Fsp3) is 0.400. The van der Waals surface area contributed by atoms with Crippen LogP contribution in [0.15, 0.2) is 48.5 Å². The number of alkyl carbamates (subject to hydrolysis) is 1. The summed E-state index contributed by atoms with van der Waals surface area (Å²) in [6, 6.07) is 15.0. The van der Waals surface area contributed by atoms with Crippen LogP contribution < -0.4 is 10.6 Å². The van der Waals surface area contributed by atoms with Crippen LogP contribution in [-0.4, -0.2) is 67.7 Å². The topological polar surface area (TPSA) is 123 Å². The first-order valence-corrected chi connectivity index (χ1v) is 11.4. The number of fused-ring (bicyclic) bond motifs is 3. The van der Waals surface area contributed by atoms with Crippen molar-refractivity contribution in [2.45, 2.75) is 30.5 Å². The first-order chi connectivity index (χ1) is 16.5. The van der Waals surface area contributed by atoms with Crippen LogP contribution in [0, 0.1) is 5.92 Å². The van der Waals surface area contributed by atoms with Crippen molar-refractivity contribution in [3.05, 3.63) is 59.7 Å². The number of carbonyl (C=O) groups excluding carboxylic acids is 2. The second-order valence-corrected chi connectivity index (χ2v) is 8.75. The molecule has 0 radical (unpaired) electrons. The first-order valence-electron chi connectivity index (χ1n) is 11.4. The average molecular weight is 466 g/mol. The highest BCUT2D eigenvalue weighted by Gasteiger charge is 2.40. The lowest BCUT2D eigenvalue weighted by Crippen LogP contribution is -2.51. The van der Waals surface area contributed by atoms with Gasteiger partial charge < -0.3 is 30.0 Å². The summed E-state index contributed by atoms with van der Waals surface area (Å²) in [7, 11) is 0. The van der Waals surface area contributed by atoms with E-state index in [1.165, 1.54) is 0 Å². The SMILES string of the molecule is O=C(NC1COCC1C(=O)N[C@H]1CCO[C@H]1C(=O)O)OCC1c2ccccc2-c2ccccc21. The summed E-state index contributed by atoms with van der Waals surface area (Å²) in [6.45, 7) is 0.742. The van der Waals surface area contributed by atoms with Gasteiger partial charge in [-0.3, -0.25) is 4.79 Å². The molecule has 9 heteroatoms. The molecule has 2 amide bonds. The summed E-state index contributed by atoms with van der Waals surface area (Å²) in [5.74, 6) is -2.19. The van der Waals surface area contributed by atoms with Crippen LogP contribution >= 0.6 is 0 Å². The molecule has 9 nitrogen and oxygen atoms in total. The minimum atomic E-state index is -1.11. The van der Waals surface area contributed by atoms with Gasteiger partial charge in [-0.1, -0.05) is 48.5 Å². The zero-order valence-corrected chi connectivity index (χ0v) is 18.4. The molecule has 0 aromatic heterocycles. The Balaban J connectivity index is 1.19. The molecule has 4 atom stereocenters. The second-order valence-electron chi connectivity index (χ2n) is 8.75. The highest BCUT2D eigenvalue weighted by Crippen LogP contribution is 2.44. The molecule has 34 heavy (non-hydrogen) atoms. The number of nitrogens with one attached hydrogen (secondary N) is 2.